The summed E-state index contributed by atoms with van der Waals surface area (Å²) in [5.41, 5.74) is 3.98. The third-order valence-corrected chi connectivity index (χ3v) is 6.81. The number of thiophene rings is 1. The van der Waals surface area contributed by atoms with Gasteiger partial charge in [0.15, 0.2) is 0 Å². The van der Waals surface area contributed by atoms with Crippen LogP contribution in [0, 0.1) is 5.82 Å². The standard InChI is InChI=1S/C26H23FN4O2S/c1-3-17-9-11-18(12-10-17)24-29-25(33-30-24)22-16(2)31(15-21-8-5-13-34-21)26(32)28-23(22)19-6-4-7-20(27)14-19/h4-14,23H,3,15H2,1-2H3,(H,28,32). The Bertz CT molecular complexity index is 1350. The van der Waals surface area contributed by atoms with Crippen LogP contribution in [0.5, 0.6) is 0 Å². The number of rotatable bonds is 6. The summed E-state index contributed by atoms with van der Waals surface area (Å²) < 4.78 is 19.8. The molecule has 0 bridgehead atoms. The third-order valence-electron chi connectivity index (χ3n) is 5.95. The normalized spacial score (nSPS) is 16.1. The van der Waals surface area contributed by atoms with Gasteiger partial charge in [-0.15, -0.1) is 11.3 Å². The number of aromatic nitrogens is 2. The molecule has 2 aromatic heterocycles. The van der Waals surface area contributed by atoms with E-state index < -0.39 is 6.04 Å². The van der Waals surface area contributed by atoms with Crippen molar-refractivity contribution in [2.24, 2.45) is 0 Å². The van der Waals surface area contributed by atoms with Crippen LogP contribution in [0.4, 0.5) is 9.18 Å². The lowest BCUT2D eigenvalue weighted by Crippen LogP contribution is -2.45. The van der Waals surface area contributed by atoms with Crippen molar-refractivity contribution in [2.75, 3.05) is 0 Å². The zero-order valence-electron chi connectivity index (χ0n) is 18.8. The summed E-state index contributed by atoms with van der Waals surface area (Å²) in [6.45, 7) is 4.37. The van der Waals surface area contributed by atoms with E-state index in [0.29, 0.717) is 29.2 Å². The van der Waals surface area contributed by atoms with Crippen LogP contribution < -0.4 is 5.32 Å². The minimum Gasteiger partial charge on any atom is -0.334 e. The van der Waals surface area contributed by atoms with Crippen LogP contribution in [-0.2, 0) is 13.0 Å². The Morgan fingerprint density at radius 2 is 1.97 bits per heavy atom. The molecule has 0 fully saturated rings. The van der Waals surface area contributed by atoms with Gasteiger partial charge in [-0.05, 0) is 48.1 Å². The van der Waals surface area contributed by atoms with Crippen LogP contribution in [0.2, 0.25) is 0 Å². The van der Waals surface area contributed by atoms with E-state index >= 15 is 0 Å². The van der Waals surface area contributed by atoms with E-state index in [1.807, 2.05) is 48.7 Å². The fraction of sp³-hybridized carbons (Fsp3) is 0.192. The predicted octanol–water partition coefficient (Wildman–Crippen LogP) is 6.20. The van der Waals surface area contributed by atoms with Crippen LogP contribution in [-0.4, -0.2) is 21.1 Å². The molecule has 8 heteroatoms. The van der Waals surface area contributed by atoms with Crippen molar-refractivity contribution in [2.45, 2.75) is 32.9 Å². The Hall–Kier alpha value is -3.78. The average Bonchev–Trinajstić information content (AvgIpc) is 3.54. The molecule has 0 spiro atoms. The highest BCUT2D eigenvalue weighted by Crippen LogP contribution is 2.38. The van der Waals surface area contributed by atoms with Gasteiger partial charge in [-0.1, -0.05) is 54.5 Å². The minimum atomic E-state index is -0.626. The topological polar surface area (TPSA) is 71.3 Å². The van der Waals surface area contributed by atoms with Crippen molar-refractivity contribution in [1.29, 1.82) is 0 Å². The zero-order valence-corrected chi connectivity index (χ0v) is 19.6. The van der Waals surface area contributed by atoms with Gasteiger partial charge < -0.3 is 9.84 Å². The summed E-state index contributed by atoms with van der Waals surface area (Å²) in [5, 5.41) is 9.17. The summed E-state index contributed by atoms with van der Waals surface area (Å²) in [6, 6.07) is 17.2. The fourth-order valence-corrected chi connectivity index (χ4v) is 4.78. The number of hydrogen-bond acceptors (Lipinski definition) is 5. The van der Waals surface area contributed by atoms with E-state index in [9.17, 15) is 9.18 Å². The van der Waals surface area contributed by atoms with Crippen molar-refractivity contribution in [3.8, 4) is 11.4 Å². The Morgan fingerprint density at radius 1 is 1.15 bits per heavy atom. The van der Waals surface area contributed by atoms with Gasteiger partial charge in [0.2, 0.25) is 5.82 Å². The maximum Gasteiger partial charge on any atom is 0.322 e. The van der Waals surface area contributed by atoms with Gasteiger partial charge in [-0.25, -0.2) is 9.18 Å². The maximum atomic E-state index is 14.1. The van der Waals surface area contributed by atoms with Gasteiger partial charge in [0.05, 0.1) is 18.2 Å². The summed E-state index contributed by atoms with van der Waals surface area (Å²) in [4.78, 5) is 20.4. The number of allylic oxidation sites excluding steroid dienone is 1. The molecule has 2 aromatic carbocycles. The van der Waals surface area contributed by atoms with Crippen LogP contribution in [0.3, 0.4) is 0 Å². The second kappa shape index (κ2) is 9.23. The van der Waals surface area contributed by atoms with Crippen LogP contribution in [0.15, 0.2) is 76.3 Å². The molecule has 6 nitrogen and oxygen atoms in total. The number of benzene rings is 2. The molecule has 2 amide bonds. The number of nitrogens with one attached hydrogen (secondary N) is 1. The van der Waals surface area contributed by atoms with Crippen molar-refractivity contribution >= 4 is 22.9 Å². The number of halogens is 1. The highest BCUT2D eigenvalue weighted by molar-refractivity contribution is 7.09. The smallest absolute Gasteiger partial charge is 0.322 e. The van der Waals surface area contributed by atoms with E-state index in [1.54, 1.807) is 28.4 Å². The summed E-state index contributed by atoms with van der Waals surface area (Å²) in [7, 11) is 0. The Kier molecular flexibility index (Phi) is 5.98. The molecule has 34 heavy (non-hydrogen) atoms. The van der Waals surface area contributed by atoms with Gasteiger partial charge in [-0.2, -0.15) is 4.98 Å². The van der Waals surface area contributed by atoms with E-state index in [1.165, 1.54) is 17.7 Å². The molecule has 3 heterocycles. The first-order chi connectivity index (χ1) is 16.5. The molecule has 0 saturated heterocycles. The summed E-state index contributed by atoms with van der Waals surface area (Å²) in [5.74, 6) is 0.363. The third kappa shape index (κ3) is 4.24. The lowest BCUT2D eigenvalue weighted by Gasteiger charge is -2.35. The Labute approximate surface area is 200 Å². The van der Waals surface area contributed by atoms with Crippen molar-refractivity contribution in [3.63, 3.8) is 0 Å². The molecule has 0 saturated carbocycles. The zero-order chi connectivity index (χ0) is 23.7. The van der Waals surface area contributed by atoms with E-state index in [4.69, 9.17) is 4.52 Å². The second-order valence-electron chi connectivity index (χ2n) is 8.08. The number of urea groups is 1. The number of amides is 2. The molecule has 5 rings (SSSR count). The molecule has 0 radical (unpaired) electrons. The predicted molar refractivity (Wildman–Crippen MR) is 129 cm³/mol. The van der Waals surface area contributed by atoms with Gasteiger partial charge in [0, 0.05) is 16.1 Å². The molecule has 1 atom stereocenters. The average molecular weight is 475 g/mol. The van der Waals surface area contributed by atoms with Gasteiger partial charge in [-0.3, -0.25) is 4.90 Å². The second-order valence-corrected chi connectivity index (χ2v) is 9.11. The highest BCUT2D eigenvalue weighted by atomic mass is 32.1. The molecule has 1 N–H and O–H groups in total. The SMILES string of the molecule is CCc1ccc(-c2noc(C3=C(C)N(Cc4cccs4)C(=O)NC3c3cccc(F)c3)n2)cc1. The van der Waals surface area contributed by atoms with E-state index in [0.717, 1.165) is 16.9 Å². The van der Waals surface area contributed by atoms with E-state index in [-0.39, 0.29) is 17.7 Å². The number of carbonyl (C=O) groups is 1. The molecule has 1 aliphatic rings. The van der Waals surface area contributed by atoms with Crippen LogP contribution in [0.25, 0.3) is 17.0 Å². The lowest BCUT2D eigenvalue weighted by molar-refractivity contribution is 0.203. The molecular weight excluding hydrogens is 451 g/mol. The quantitative estimate of drug-likeness (QED) is 0.361. The maximum absolute atomic E-state index is 14.1. The summed E-state index contributed by atoms with van der Waals surface area (Å²) in [6.07, 6.45) is 0.943. The largest absolute Gasteiger partial charge is 0.334 e. The first-order valence-corrected chi connectivity index (χ1v) is 11.9. The monoisotopic (exact) mass is 474 g/mol. The van der Waals surface area contributed by atoms with Crippen molar-refractivity contribution < 1.29 is 13.7 Å². The Balaban J connectivity index is 1.58. The Morgan fingerprint density at radius 3 is 2.68 bits per heavy atom. The lowest BCUT2D eigenvalue weighted by atomic mass is 9.94. The van der Waals surface area contributed by atoms with Crippen molar-refractivity contribution in [3.05, 3.63) is 99.5 Å². The highest BCUT2D eigenvalue weighted by Gasteiger charge is 2.36. The van der Waals surface area contributed by atoms with Crippen molar-refractivity contribution in [1.82, 2.24) is 20.4 Å². The van der Waals surface area contributed by atoms with Gasteiger partial charge in [0.25, 0.3) is 5.89 Å². The molecule has 172 valence electrons. The number of aryl methyl sites for hydroxylation is 1. The molecular formula is C26H23FN4O2S. The number of carbonyl (C=O) groups excluding carboxylic acids is 1. The number of hydrogen-bond donors (Lipinski definition) is 1. The van der Waals surface area contributed by atoms with Crippen LogP contribution >= 0.6 is 11.3 Å². The first-order valence-electron chi connectivity index (χ1n) is 11.0. The molecule has 1 aliphatic heterocycles. The minimum absolute atomic E-state index is 0.265. The fourth-order valence-electron chi connectivity index (χ4n) is 4.08. The number of nitrogens with zero attached hydrogens (tertiary/aromatic N) is 3. The first kappa shape index (κ1) is 22.0. The van der Waals surface area contributed by atoms with Gasteiger partial charge >= 0.3 is 6.03 Å². The molecule has 0 aliphatic carbocycles. The molecule has 1 unspecified atom stereocenters. The van der Waals surface area contributed by atoms with E-state index in [2.05, 4.69) is 22.4 Å². The van der Waals surface area contributed by atoms with Crippen LogP contribution in [0.1, 0.15) is 41.8 Å². The summed E-state index contributed by atoms with van der Waals surface area (Å²) >= 11 is 1.58. The molecule has 4 aromatic rings. The van der Waals surface area contributed by atoms with Gasteiger partial charge in [0.1, 0.15) is 5.82 Å².